The fraction of sp³-hybridized carbons (Fsp3) is 0.348. The molecule has 0 aliphatic carbocycles. The van der Waals surface area contributed by atoms with Gasteiger partial charge in [-0.1, -0.05) is 17.7 Å². The number of ether oxygens (including phenoxy) is 1. The number of hydrogen-bond donors (Lipinski definition) is 2. The smallest absolute Gasteiger partial charge is 0.251 e. The van der Waals surface area contributed by atoms with E-state index in [0.29, 0.717) is 36.0 Å². The third-order valence-corrected chi connectivity index (χ3v) is 5.83. The molecule has 1 saturated heterocycles. The minimum absolute atomic E-state index is 0.00752. The zero-order valence-corrected chi connectivity index (χ0v) is 18.1. The van der Waals surface area contributed by atoms with Crippen molar-refractivity contribution in [2.45, 2.75) is 31.3 Å². The number of nitrogens with one attached hydrogen (secondary N) is 1. The maximum atomic E-state index is 14.0. The van der Waals surface area contributed by atoms with Crippen molar-refractivity contribution in [3.05, 3.63) is 75.5 Å². The van der Waals surface area contributed by atoms with Crippen LogP contribution in [0.15, 0.2) is 53.6 Å². The van der Waals surface area contributed by atoms with Gasteiger partial charge in [-0.05, 0) is 49.1 Å². The summed E-state index contributed by atoms with van der Waals surface area (Å²) >= 11 is 5.79. The Kier molecular flexibility index (Phi) is 7.14. The molecule has 1 aromatic carbocycles. The van der Waals surface area contributed by atoms with Crippen molar-refractivity contribution in [3.63, 3.8) is 0 Å². The number of nitrogens with zero attached hydrogens (tertiary/aromatic N) is 3. The first kappa shape index (κ1) is 22.4. The number of pyridine rings is 1. The van der Waals surface area contributed by atoms with E-state index in [2.05, 4.69) is 15.3 Å². The molecule has 3 aromatic rings. The molecule has 1 atom stereocenters. The Morgan fingerprint density at radius 3 is 2.78 bits per heavy atom. The van der Waals surface area contributed by atoms with Crippen LogP contribution < -0.4 is 10.9 Å². The van der Waals surface area contributed by atoms with Gasteiger partial charge < -0.3 is 19.7 Å². The highest BCUT2D eigenvalue weighted by molar-refractivity contribution is 6.30. The second-order valence-electron chi connectivity index (χ2n) is 7.66. The van der Waals surface area contributed by atoms with Crippen LogP contribution in [-0.4, -0.2) is 45.5 Å². The molecule has 4 rings (SSSR count). The van der Waals surface area contributed by atoms with Gasteiger partial charge in [-0.2, -0.15) is 0 Å². The highest BCUT2D eigenvalue weighted by atomic mass is 35.5. The van der Waals surface area contributed by atoms with E-state index in [1.54, 1.807) is 30.6 Å². The SMILES string of the molecule is O=c1cc(-c2ccnc(NC3CCOCC3)n2)ccn1[C@@H](CCO)c1ccc(Cl)c(F)c1. The molecule has 1 aliphatic heterocycles. The lowest BCUT2D eigenvalue weighted by molar-refractivity contribution is 0.0903. The molecule has 2 N–H and O–H groups in total. The van der Waals surface area contributed by atoms with E-state index in [1.807, 2.05) is 0 Å². The molecule has 0 unspecified atom stereocenters. The lowest BCUT2D eigenvalue weighted by Crippen LogP contribution is -2.28. The average Bonchev–Trinajstić information content (AvgIpc) is 2.80. The number of hydrogen-bond acceptors (Lipinski definition) is 6. The van der Waals surface area contributed by atoms with E-state index < -0.39 is 11.9 Å². The van der Waals surface area contributed by atoms with Crippen molar-refractivity contribution < 1.29 is 14.2 Å². The summed E-state index contributed by atoms with van der Waals surface area (Å²) in [5.41, 5.74) is 1.54. The summed E-state index contributed by atoms with van der Waals surface area (Å²) < 4.78 is 20.8. The van der Waals surface area contributed by atoms with E-state index in [0.717, 1.165) is 12.8 Å². The van der Waals surface area contributed by atoms with Gasteiger partial charge in [-0.25, -0.2) is 14.4 Å². The van der Waals surface area contributed by atoms with Crippen LogP contribution in [0.2, 0.25) is 5.02 Å². The average molecular weight is 459 g/mol. The Bertz CT molecular complexity index is 1130. The molecule has 7 nitrogen and oxygen atoms in total. The maximum absolute atomic E-state index is 14.0. The Morgan fingerprint density at radius 2 is 2.06 bits per heavy atom. The Labute approximate surface area is 189 Å². The summed E-state index contributed by atoms with van der Waals surface area (Å²) in [5, 5.41) is 12.8. The molecule has 168 valence electrons. The number of halogens is 2. The number of anilines is 1. The number of benzene rings is 1. The van der Waals surface area contributed by atoms with Crippen LogP contribution in [0.3, 0.4) is 0 Å². The largest absolute Gasteiger partial charge is 0.396 e. The summed E-state index contributed by atoms with van der Waals surface area (Å²) in [6.45, 7) is 1.26. The number of rotatable bonds is 7. The van der Waals surface area contributed by atoms with Gasteiger partial charge in [0, 0.05) is 49.9 Å². The molecule has 3 heterocycles. The zero-order chi connectivity index (χ0) is 22.5. The highest BCUT2D eigenvalue weighted by Crippen LogP contribution is 2.26. The Morgan fingerprint density at radius 1 is 1.25 bits per heavy atom. The van der Waals surface area contributed by atoms with E-state index in [-0.39, 0.29) is 29.7 Å². The van der Waals surface area contributed by atoms with Crippen molar-refractivity contribution in [3.8, 4) is 11.3 Å². The number of aliphatic hydroxyl groups excluding tert-OH is 1. The first-order chi connectivity index (χ1) is 15.5. The summed E-state index contributed by atoms with van der Waals surface area (Å²) in [6.07, 6.45) is 5.33. The zero-order valence-electron chi connectivity index (χ0n) is 17.4. The highest BCUT2D eigenvalue weighted by Gasteiger charge is 2.18. The summed E-state index contributed by atoms with van der Waals surface area (Å²) in [6, 6.07) is 9.13. The van der Waals surface area contributed by atoms with Gasteiger partial charge in [0.25, 0.3) is 5.56 Å². The quantitative estimate of drug-likeness (QED) is 0.561. The van der Waals surface area contributed by atoms with Gasteiger partial charge in [0.15, 0.2) is 0 Å². The second kappa shape index (κ2) is 10.2. The first-order valence-corrected chi connectivity index (χ1v) is 10.9. The van der Waals surface area contributed by atoms with Crippen molar-refractivity contribution in [1.82, 2.24) is 14.5 Å². The van der Waals surface area contributed by atoms with E-state index >= 15 is 0 Å². The van der Waals surface area contributed by atoms with E-state index in [9.17, 15) is 14.3 Å². The predicted octanol–water partition coefficient (Wildman–Crippen LogP) is 3.66. The summed E-state index contributed by atoms with van der Waals surface area (Å²) in [7, 11) is 0. The van der Waals surface area contributed by atoms with Gasteiger partial charge in [0.1, 0.15) is 5.82 Å². The molecule has 0 saturated carbocycles. The fourth-order valence-corrected chi connectivity index (χ4v) is 3.95. The van der Waals surface area contributed by atoms with Crippen molar-refractivity contribution >= 4 is 17.5 Å². The lowest BCUT2D eigenvalue weighted by atomic mass is 10.0. The second-order valence-corrected chi connectivity index (χ2v) is 8.07. The predicted molar refractivity (Wildman–Crippen MR) is 120 cm³/mol. The van der Waals surface area contributed by atoms with E-state index in [4.69, 9.17) is 16.3 Å². The summed E-state index contributed by atoms with van der Waals surface area (Å²) in [5.74, 6) is -0.0595. The minimum atomic E-state index is -0.567. The fourth-order valence-electron chi connectivity index (χ4n) is 3.83. The topological polar surface area (TPSA) is 89.3 Å². The van der Waals surface area contributed by atoms with Crippen molar-refractivity contribution in [2.75, 3.05) is 25.1 Å². The molecule has 1 aliphatic rings. The lowest BCUT2D eigenvalue weighted by Gasteiger charge is -2.23. The van der Waals surface area contributed by atoms with Crippen LogP contribution in [-0.2, 0) is 4.74 Å². The van der Waals surface area contributed by atoms with Gasteiger partial charge in [-0.3, -0.25) is 4.79 Å². The van der Waals surface area contributed by atoms with Crippen molar-refractivity contribution in [1.29, 1.82) is 0 Å². The molecular formula is C23H24ClFN4O3. The molecule has 0 radical (unpaired) electrons. The van der Waals surface area contributed by atoms with Crippen LogP contribution in [0.4, 0.5) is 10.3 Å². The maximum Gasteiger partial charge on any atom is 0.251 e. The third-order valence-electron chi connectivity index (χ3n) is 5.52. The number of aromatic nitrogens is 3. The molecule has 0 spiro atoms. The van der Waals surface area contributed by atoms with Crippen LogP contribution in [0.1, 0.15) is 30.9 Å². The summed E-state index contributed by atoms with van der Waals surface area (Å²) in [4.78, 5) is 21.8. The Hall–Kier alpha value is -2.81. The van der Waals surface area contributed by atoms with Crippen LogP contribution in [0.25, 0.3) is 11.3 Å². The monoisotopic (exact) mass is 458 g/mol. The van der Waals surface area contributed by atoms with Crippen LogP contribution in [0, 0.1) is 5.82 Å². The van der Waals surface area contributed by atoms with Gasteiger partial charge >= 0.3 is 0 Å². The molecule has 0 bridgehead atoms. The van der Waals surface area contributed by atoms with Gasteiger partial charge in [-0.15, -0.1) is 0 Å². The van der Waals surface area contributed by atoms with Gasteiger partial charge in [0.05, 0.1) is 16.8 Å². The molecular weight excluding hydrogens is 435 g/mol. The van der Waals surface area contributed by atoms with Crippen LogP contribution in [0.5, 0.6) is 0 Å². The van der Waals surface area contributed by atoms with E-state index in [1.165, 1.54) is 22.8 Å². The molecule has 2 aromatic heterocycles. The first-order valence-electron chi connectivity index (χ1n) is 10.5. The van der Waals surface area contributed by atoms with Crippen molar-refractivity contribution in [2.24, 2.45) is 0 Å². The molecule has 0 amide bonds. The standard InChI is InChI=1S/C23H24ClFN4O3/c24-18-2-1-16(13-19(18)25)21(5-10-30)29-9-4-15(14-22(29)31)20-3-8-26-23(28-20)27-17-6-11-32-12-7-17/h1-4,8-9,13-14,17,21,30H,5-7,10-12H2,(H,26,27,28)/t21-/m0/s1. The Balaban J connectivity index is 1.60. The number of aliphatic hydroxyl groups is 1. The molecule has 1 fully saturated rings. The molecule has 32 heavy (non-hydrogen) atoms. The van der Waals surface area contributed by atoms with Crippen LogP contribution >= 0.6 is 11.6 Å². The normalized spacial score (nSPS) is 15.5. The van der Waals surface area contributed by atoms with Gasteiger partial charge in [0.2, 0.25) is 5.95 Å². The third kappa shape index (κ3) is 5.15. The minimum Gasteiger partial charge on any atom is -0.396 e. The molecule has 9 heteroatoms.